The average molecular weight is 490 g/mol. The number of anilines is 1. The van der Waals surface area contributed by atoms with Crippen LogP contribution in [0.25, 0.3) is 0 Å². The molecule has 0 aliphatic carbocycles. The Hall–Kier alpha value is -2.57. The van der Waals surface area contributed by atoms with Crippen molar-refractivity contribution in [2.24, 2.45) is 7.05 Å². The maximum Gasteiger partial charge on any atom is 0.276 e. The topological polar surface area (TPSA) is 98.7 Å². The van der Waals surface area contributed by atoms with E-state index in [1.165, 1.54) is 17.8 Å². The van der Waals surface area contributed by atoms with Crippen molar-refractivity contribution in [1.82, 2.24) is 9.29 Å². The van der Waals surface area contributed by atoms with Crippen molar-refractivity contribution in [3.05, 3.63) is 41.5 Å². The predicted molar refractivity (Wildman–Crippen MR) is 115 cm³/mol. The molecule has 1 amide bonds. The first-order chi connectivity index (χ1) is 15.2. The smallest absolute Gasteiger partial charge is 0.276 e. The van der Waals surface area contributed by atoms with E-state index in [0.29, 0.717) is 0 Å². The number of benzene rings is 1. The molecular weight excluding hydrogens is 463 g/mol. The number of carbonyl (C=O) groups excluding carboxylic acids is 1. The summed E-state index contributed by atoms with van der Waals surface area (Å²) in [7, 11) is -2.64. The van der Waals surface area contributed by atoms with Gasteiger partial charge in [0.05, 0.1) is 23.3 Å². The molecule has 0 radical (unpaired) electrons. The monoisotopic (exact) mass is 489 g/mol. The van der Waals surface area contributed by atoms with Gasteiger partial charge in [-0.1, -0.05) is 0 Å². The van der Waals surface area contributed by atoms with E-state index in [4.69, 9.17) is 9.47 Å². The molecule has 2 heterocycles. The van der Waals surface area contributed by atoms with Gasteiger partial charge >= 0.3 is 0 Å². The quantitative estimate of drug-likeness (QED) is 0.646. The van der Waals surface area contributed by atoms with Gasteiger partial charge in [-0.3, -0.25) is 4.79 Å². The third-order valence-corrected chi connectivity index (χ3v) is 6.63. The Morgan fingerprint density at radius 3 is 2.61 bits per heavy atom. The minimum absolute atomic E-state index is 0.0782. The fraction of sp³-hybridized carbons (Fsp3) is 0.476. The molecule has 0 saturated carbocycles. The third kappa shape index (κ3) is 5.17. The molecule has 2 aromatic rings. The molecule has 1 aromatic carbocycles. The summed E-state index contributed by atoms with van der Waals surface area (Å²) in [5, 5.41) is 2.39. The highest BCUT2D eigenvalue weighted by Crippen LogP contribution is 2.35. The number of halogens is 3. The summed E-state index contributed by atoms with van der Waals surface area (Å²) in [5.41, 5.74) is -2.00. The summed E-state index contributed by atoms with van der Waals surface area (Å²) in [6.07, 6.45) is -2.02. The second-order valence-electron chi connectivity index (χ2n) is 8.53. The Morgan fingerprint density at radius 2 is 2.00 bits per heavy atom. The number of nitrogens with zero attached hydrogens (tertiary/aromatic N) is 1. The second-order valence-corrected chi connectivity index (χ2v) is 10.2. The highest BCUT2D eigenvalue weighted by Gasteiger charge is 2.41. The Labute approximate surface area is 190 Å². The normalized spacial score (nSPS) is 18.1. The number of sulfonamides is 1. The van der Waals surface area contributed by atoms with Crippen LogP contribution >= 0.6 is 0 Å². The van der Waals surface area contributed by atoms with E-state index in [1.807, 2.05) is 13.8 Å². The van der Waals surface area contributed by atoms with Crippen LogP contribution in [0.3, 0.4) is 0 Å². The van der Waals surface area contributed by atoms with Crippen LogP contribution in [-0.4, -0.2) is 43.2 Å². The van der Waals surface area contributed by atoms with Crippen molar-refractivity contribution >= 4 is 21.6 Å². The van der Waals surface area contributed by atoms with Crippen LogP contribution in [0.2, 0.25) is 0 Å². The van der Waals surface area contributed by atoms with Gasteiger partial charge in [-0.2, -0.15) is 0 Å². The van der Waals surface area contributed by atoms with Crippen LogP contribution in [-0.2, 0) is 21.8 Å². The maximum absolute atomic E-state index is 13.6. The van der Waals surface area contributed by atoms with Gasteiger partial charge in [-0.15, -0.1) is 0 Å². The number of fused-ring (bicyclic) bond motifs is 1. The zero-order valence-corrected chi connectivity index (χ0v) is 19.6. The van der Waals surface area contributed by atoms with Gasteiger partial charge in [-0.05, 0) is 45.9 Å². The molecule has 0 fully saturated rings. The van der Waals surface area contributed by atoms with Crippen LogP contribution in [0.1, 0.15) is 50.2 Å². The van der Waals surface area contributed by atoms with Gasteiger partial charge in [0, 0.05) is 18.9 Å². The summed E-state index contributed by atoms with van der Waals surface area (Å²) in [6.45, 7) is 6.96. The van der Waals surface area contributed by atoms with E-state index in [-0.39, 0.29) is 34.7 Å². The number of nitrogens with one attached hydrogen (secondary N) is 2. The number of amides is 1. The lowest BCUT2D eigenvalue weighted by Gasteiger charge is -2.34. The first kappa shape index (κ1) is 25.1. The van der Waals surface area contributed by atoms with Crippen LogP contribution in [0, 0.1) is 5.82 Å². The highest BCUT2D eigenvalue weighted by molar-refractivity contribution is 7.89. The Morgan fingerprint density at radius 1 is 1.33 bits per heavy atom. The van der Waals surface area contributed by atoms with Gasteiger partial charge in [0.1, 0.15) is 17.3 Å². The van der Waals surface area contributed by atoms with E-state index < -0.39 is 45.4 Å². The summed E-state index contributed by atoms with van der Waals surface area (Å²) in [5.74, 6) is -2.09. The predicted octanol–water partition coefficient (Wildman–Crippen LogP) is 3.60. The van der Waals surface area contributed by atoms with Crippen LogP contribution < -0.4 is 14.8 Å². The maximum atomic E-state index is 13.6. The molecule has 0 spiro atoms. The standard InChI is InChI=1S/C21H26F3N3O5S/c1-11(2)32-21(3,4)16-10-31-18-15(33(29,30)26-16)9-27(5)17(18)20(28)25-12-6-7-14(22)13(8-12)19(23)24/h6-9,11,16,19,26H,10H2,1-5H3,(H,25,28)/t16-/m0/s1. The number of hydrogen-bond donors (Lipinski definition) is 2. The number of aromatic nitrogens is 1. The molecule has 3 rings (SSSR count). The van der Waals surface area contributed by atoms with Crippen LogP contribution in [0.4, 0.5) is 18.9 Å². The van der Waals surface area contributed by atoms with Crippen molar-refractivity contribution in [1.29, 1.82) is 0 Å². The molecule has 2 N–H and O–H groups in total. The lowest BCUT2D eigenvalue weighted by molar-refractivity contribution is -0.0802. The summed E-state index contributed by atoms with van der Waals surface area (Å²) in [4.78, 5) is 12.7. The van der Waals surface area contributed by atoms with Crippen molar-refractivity contribution in [2.45, 2.75) is 56.8 Å². The minimum Gasteiger partial charge on any atom is -0.488 e. The van der Waals surface area contributed by atoms with Gasteiger partial charge in [0.2, 0.25) is 10.0 Å². The fourth-order valence-electron chi connectivity index (χ4n) is 3.63. The van der Waals surface area contributed by atoms with Gasteiger partial charge in [0.25, 0.3) is 12.3 Å². The average Bonchev–Trinajstić information content (AvgIpc) is 2.95. The van der Waals surface area contributed by atoms with Gasteiger partial charge < -0.3 is 19.4 Å². The van der Waals surface area contributed by atoms with Crippen molar-refractivity contribution in [2.75, 3.05) is 11.9 Å². The highest BCUT2D eigenvalue weighted by atomic mass is 32.2. The number of rotatable bonds is 6. The van der Waals surface area contributed by atoms with Gasteiger partial charge in [0.15, 0.2) is 11.4 Å². The first-order valence-corrected chi connectivity index (χ1v) is 11.6. The first-order valence-electron chi connectivity index (χ1n) is 10.1. The van der Waals surface area contributed by atoms with Crippen LogP contribution in [0.5, 0.6) is 5.75 Å². The minimum atomic E-state index is -4.08. The number of carbonyl (C=O) groups is 1. The number of aryl methyl sites for hydroxylation is 1. The van der Waals surface area contributed by atoms with E-state index >= 15 is 0 Å². The summed E-state index contributed by atoms with van der Waals surface area (Å²) >= 11 is 0. The third-order valence-electron chi connectivity index (χ3n) is 5.17. The molecule has 1 atom stereocenters. The molecule has 33 heavy (non-hydrogen) atoms. The molecule has 0 saturated heterocycles. The summed E-state index contributed by atoms with van der Waals surface area (Å²) < 4.78 is 81.0. The molecule has 0 bridgehead atoms. The molecular formula is C21H26F3N3O5S. The van der Waals surface area contributed by atoms with Crippen molar-refractivity contribution in [3.8, 4) is 5.75 Å². The number of ether oxygens (including phenoxy) is 2. The van der Waals surface area contributed by atoms with E-state index in [2.05, 4.69) is 10.0 Å². The van der Waals surface area contributed by atoms with Crippen molar-refractivity contribution in [3.63, 3.8) is 0 Å². The molecule has 1 aliphatic heterocycles. The Kier molecular flexibility index (Phi) is 6.83. The Bertz CT molecular complexity index is 1160. The molecule has 1 aliphatic rings. The largest absolute Gasteiger partial charge is 0.488 e. The molecule has 12 heteroatoms. The number of alkyl halides is 2. The molecule has 8 nitrogen and oxygen atoms in total. The second kappa shape index (κ2) is 8.99. The fourth-order valence-corrected chi connectivity index (χ4v) is 5.18. The van der Waals surface area contributed by atoms with E-state index in [1.54, 1.807) is 13.8 Å². The lowest BCUT2D eigenvalue weighted by atomic mass is 10.00. The zero-order valence-electron chi connectivity index (χ0n) is 18.8. The van der Waals surface area contributed by atoms with E-state index in [0.717, 1.165) is 18.2 Å². The molecule has 1 aromatic heterocycles. The molecule has 0 unspecified atom stereocenters. The lowest BCUT2D eigenvalue weighted by Crippen LogP contribution is -2.53. The zero-order chi connectivity index (χ0) is 24.7. The molecule has 182 valence electrons. The van der Waals surface area contributed by atoms with Crippen molar-refractivity contribution < 1.29 is 35.9 Å². The summed E-state index contributed by atoms with van der Waals surface area (Å²) in [6, 6.07) is 2.00. The number of hydrogen-bond acceptors (Lipinski definition) is 5. The SMILES string of the molecule is CC(C)OC(C)(C)[C@@H]1COc2c(cn(C)c2C(=O)Nc2ccc(F)c(C(F)F)c2)S(=O)(=O)N1. The van der Waals surface area contributed by atoms with Crippen LogP contribution in [0.15, 0.2) is 29.3 Å². The van der Waals surface area contributed by atoms with Gasteiger partial charge in [-0.25, -0.2) is 26.3 Å². The Balaban J connectivity index is 1.94. The van der Waals surface area contributed by atoms with E-state index in [9.17, 15) is 26.4 Å².